The fraction of sp³-hybridized carbons (Fsp3) is 0.469. The summed E-state index contributed by atoms with van der Waals surface area (Å²) in [5.41, 5.74) is 13.8. The van der Waals surface area contributed by atoms with Crippen molar-refractivity contribution in [2.45, 2.75) is 120 Å². The van der Waals surface area contributed by atoms with Gasteiger partial charge in [-0.1, -0.05) is 48.5 Å². The van der Waals surface area contributed by atoms with Gasteiger partial charge in [0.05, 0.1) is 12.4 Å². The van der Waals surface area contributed by atoms with Crippen molar-refractivity contribution in [2.75, 3.05) is 27.2 Å². The average molecular weight is 1010 g/mol. The standard InChI is InChI=1S/C49H69N15O9/c1-28(73-4)21-40-47(71)64(49(72)63-40)29(2)42(66)60-39(24-32-26-54-27-57-32)46(70)61-37(22-30-13-6-5-7-14-30)44(68)59-36(18-12-20-55-48(51)52)43(67)62-38(23-31-25-56-34-16-9-8-15-33(31)34)45(69)58-35(41(50)65)17-10-11-19-53-3/h5-9,13-16,25-29,35-40,53,56H,10-12,17-24H2,1-4H3,(H2,50,65)(H,54,57)(H,58,69)(H,59,68)(H,60,66)(H,61,70)(H,62,67)(H,63,72)(H4,51,52,55)/t28?,29-,35+,36+,37-,38+,39+,40+/m1/s1. The molecular weight excluding hydrogens is 943 g/mol. The number of carbonyl (C=O) groups is 8. The molecule has 0 radical (unpaired) electrons. The Morgan fingerprint density at radius 2 is 1.34 bits per heavy atom. The number of imide groups is 1. The molecule has 24 nitrogen and oxygen atoms in total. The molecule has 8 atom stereocenters. The summed E-state index contributed by atoms with van der Waals surface area (Å²) in [4.78, 5) is 122. The maximum absolute atomic E-state index is 14.7. The topological polar surface area (TPSA) is 366 Å². The van der Waals surface area contributed by atoms with E-state index in [0.717, 1.165) is 15.8 Å². The highest BCUT2D eigenvalue weighted by molar-refractivity contribution is 6.08. The lowest BCUT2D eigenvalue weighted by Gasteiger charge is -2.28. The van der Waals surface area contributed by atoms with E-state index in [1.165, 1.54) is 26.6 Å². The summed E-state index contributed by atoms with van der Waals surface area (Å²) >= 11 is 0. The van der Waals surface area contributed by atoms with Gasteiger partial charge in [-0.25, -0.2) is 9.78 Å². The Morgan fingerprint density at radius 3 is 1.99 bits per heavy atom. The number of aromatic nitrogens is 3. The second-order valence-corrected chi connectivity index (χ2v) is 18.0. The van der Waals surface area contributed by atoms with Gasteiger partial charge in [-0.05, 0) is 76.7 Å². The zero-order valence-electron chi connectivity index (χ0n) is 41.5. The maximum Gasteiger partial charge on any atom is 0.325 e. The van der Waals surface area contributed by atoms with Crippen molar-refractivity contribution in [3.63, 3.8) is 0 Å². The van der Waals surface area contributed by atoms with Gasteiger partial charge >= 0.3 is 6.03 Å². The minimum atomic E-state index is -1.39. The SMILES string of the molecule is CNCCCC[C@H](NC(=O)[C@H](Cc1c[nH]c2ccccc12)NC(=O)[C@H](CCCNC(=N)N)NC(=O)[C@@H](Cc1ccccc1)NC(=O)[C@H](Cc1cnc[nH]1)NC(=O)[C@@H](C)N1C(=O)N[C@@H](CC(C)OC)C1=O)C(N)=O. The number of unbranched alkanes of at least 4 members (excludes halogenated alkanes) is 1. The van der Waals surface area contributed by atoms with Gasteiger partial charge in [0.15, 0.2) is 5.96 Å². The predicted molar refractivity (Wildman–Crippen MR) is 270 cm³/mol. The fourth-order valence-corrected chi connectivity index (χ4v) is 8.35. The summed E-state index contributed by atoms with van der Waals surface area (Å²) in [6.45, 7) is 3.90. The van der Waals surface area contributed by atoms with E-state index in [4.69, 9.17) is 21.6 Å². The number of ether oxygens (including phenoxy) is 1. The molecule has 3 heterocycles. The smallest absolute Gasteiger partial charge is 0.325 e. The van der Waals surface area contributed by atoms with Crippen LogP contribution in [0.1, 0.15) is 69.2 Å². The lowest BCUT2D eigenvalue weighted by atomic mass is 10.0. The number of fused-ring (bicyclic) bond motifs is 1. The molecule has 4 aromatic rings. The molecule has 2 aromatic carbocycles. The maximum atomic E-state index is 14.7. The van der Waals surface area contributed by atoms with Crippen molar-refractivity contribution in [2.24, 2.45) is 11.5 Å². The van der Waals surface area contributed by atoms with E-state index in [-0.39, 0.29) is 63.6 Å². The Hall–Kier alpha value is -7.86. The van der Waals surface area contributed by atoms with Crippen LogP contribution in [0.25, 0.3) is 10.9 Å². The average Bonchev–Trinajstić information content (AvgIpc) is 4.11. The molecule has 73 heavy (non-hydrogen) atoms. The number of H-pyrrole nitrogens is 2. The van der Waals surface area contributed by atoms with Crippen molar-refractivity contribution in [1.82, 2.24) is 62.4 Å². The molecular formula is C49H69N15O9. The molecule has 394 valence electrons. The number of para-hydroxylation sites is 1. The Kier molecular flexibility index (Phi) is 21.2. The van der Waals surface area contributed by atoms with E-state index < -0.39 is 89.7 Å². The number of carbonyl (C=O) groups excluding carboxylic acids is 8. The van der Waals surface area contributed by atoms with Crippen molar-refractivity contribution in [3.8, 4) is 0 Å². The van der Waals surface area contributed by atoms with Crippen molar-refractivity contribution < 1.29 is 43.1 Å². The molecule has 9 amide bonds. The molecule has 1 fully saturated rings. The molecule has 1 aliphatic rings. The number of nitrogens with two attached hydrogens (primary N) is 2. The number of hydrogen-bond donors (Lipinski definition) is 13. The van der Waals surface area contributed by atoms with E-state index in [0.29, 0.717) is 36.2 Å². The van der Waals surface area contributed by atoms with Gasteiger partial charge in [-0.3, -0.25) is 43.9 Å². The van der Waals surface area contributed by atoms with Gasteiger partial charge in [-0.2, -0.15) is 0 Å². The largest absolute Gasteiger partial charge is 0.382 e. The second-order valence-electron chi connectivity index (χ2n) is 18.0. The molecule has 1 saturated heterocycles. The van der Waals surface area contributed by atoms with Crippen LogP contribution in [0, 0.1) is 5.41 Å². The summed E-state index contributed by atoms with van der Waals surface area (Å²) in [5, 5.41) is 30.4. The van der Waals surface area contributed by atoms with E-state index >= 15 is 0 Å². The monoisotopic (exact) mass is 1010 g/mol. The van der Waals surface area contributed by atoms with Crippen LogP contribution in [-0.4, -0.2) is 149 Å². The minimum Gasteiger partial charge on any atom is -0.382 e. The van der Waals surface area contributed by atoms with Crippen molar-refractivity contribution in [3.05, 3.63) is 90.1 Å². The zero-order valence-corrected chi connectivity index (χ0v) is 41.5. The van der Waals surface area contributed by atoms with Crippen LogP contribution in [0.2, 0.25) is 0 Å². The Labute approximate surface area is 422 Å². The van der Waals surface area contributed by atoms with Crippen molar-refractivity contribution >= 4 is 64.2 Å². The quantitative estimate of drug-likeness (QED) is 0.0132. The van der Waals surface area contributed by atoms with E-state index in [2.05, 4.69) is 57.5 Å². The molecule has 2 aromatic heterocycles. The predicted octanol–water partition coefficient (Wildman–Crippen LogP) is -0.785. The number of guanidine groups is 1. The highest BCUT2D eigenvalue weighted by Crippen LogP contribution is 2.20. The third-order valence-corrected chi connectivity index (χ3v) is 12.5. The number of nitrogens with zero attached hydrogens (tertiary/aromatic N) is 2. The molecule has 0 spiro atoms. The van der Waals surface area contributed by atoms with Gasteiger partial charge in [0.1, 0.15) is 42.3 Å². The molecule has 5 rings (SSSR count). The Bertz CT molecular complexity index is 2520. The van der Waals surface area contributed by atoms with Gasteiger partial charge in [0.2, 0.25) is 35.4 Å². The van der Waals surface area contributed by atoms with Crippen LogP contribution < -0.4 is 54.0 Å². The number of benzene rings is 2. The number of hydrogen-bond acceptors (Lipinski definition) is 12. The summed E-state index contributed by atoms with van der Waals surface area (Å²) < 4.78 is 5.26. The third-order valence-electron chi connectivity index (χ3n) is 12.5. The summed E-state index contributed by atoms with van der Waals surface area (Å²) in [6, 6.07) is 6.61. The van der Waals surface area contributed by atoms with E-state index in [9.17, 15) is 38.4 Å². The van der Waals surface area contributed by atoms with Crippen LogP contribution in [0.15, 0.2) is 73.3 Å². The molecule has 0 aliphatic carbocycles. The van der Waals surface area contributed by atoms with Gasteiger partial charge in [0.25, 0.3) is 5.91 Å². The fourth-order valence-electron chi connectivity index (χ4n) is 8.35. The number of aromatic amines is 2. The van der Waals surface area contributed by atoms with Gasteiger partial charge in [-0.15, -0.1) is 0 Å². The lowest BCUT2D eigenvalue weighted by Crippen LogP contribution is -2.60. The summed E-state index contributed by atoms with van der Waals surface area (Å²) in [6.07, 6.45) is 5.76. The van der Waals surface area contributed by atoms with Crippen LogP contribution in [0.3, 0.4) is 0 Å². The number of urea groups is 1. The zero-order chi connectivity index (χ0) is 53.0. The van der Waals surface area contributed by atoms with Gasteiger partial charge < -0.3 is 68.7 Å². The minimum absolute atomic E-state index is 0.0294. The first-order chi connectivity index (χ1) is 35.0. The first-order valence-corrected chi connectivity index (χ1v) is 24.3. The van der Waals surface area contributed by atoms with E-state index in [1.54, 1.807) is 50.5 Å². The number of primary amides is 1. The van der Waals surface area contributed by atoms with Crippen LogP contribution in [0.5, 0.6) is 0 Å². The summed E-state index contributed by atoms with van der Waals surface area (Å²) in [5.74, 6) is -5.65. The first kappa shape index (κ1) is 56.1. The number of nitrogens with one attached hydrogen (secondary N) is 11. The highest BCUT2D eigenvalue weighted by atomic mass is 16.5. The van der Waals surface area contributed by atoms with E-state index in [1.807, 2.05) is 24.3 Å². The molecule has 0 bridgehead atoms. The lowest BCUT2D eigenvalue weighted by molar-refractivity contribution is -0.137. The van der Waals surface area contributed by atoms with Crippen LogP contribution >= 0.6 is 0 Å². The Morgan fingerprint density at radius 1 is 0.740 bits per heavy atom. The number of imidazole rings is 1. The second kappa shape index (κ2) is 27.7. The normalized spacial score (nSPS) is 16.2. The van der Waals surface area contributed by atoms with Gasteiger partial charge in [0, 0.05) is 68.3 Å². The summed E-state index contributed by atoms with van der Waals surface area (Å²) in [7, 11) is 3.27. The molecule has 15 N–H and O–H groups in total. The highest BCUT2D eigenvalue weighted by Gasteiger charge is 2.44. The molecule has 24 heteroatoms. The number of methoxy groups -OCH3 is 1. The van der Waals surface area contributed by atoms with Crippen molar-refractivity contribution in [1.29, 1.82) is 5.41 Å². The molecule has 1 aliphatic heterocycles. The van der Waals surface area contributed by atoms with Crippen LogP contribution in [0.4, 0.5) is 4.79 Å². The Balaban J connectivity index is 1.41. The number of rotatable bonds is 30. The molecule has 1 unspecified atom stereocenters. The third kappa shape index (κ3) is 16.6. The first-order valence-electron chi connectivity index (χ1n) is 24.3. The van der Waals surface area contributed by atoms with Crippen LogP contribution in [-0.2, 0) is 57.6 Å². The number of amides is 9. The molecule has 0 saturated carbocycles.